The average molecular weight is 230 g/mol. The van der Waals surface area contributed by atoms with Gasteiger partial charge in [0.15, 0.2) is 5.60 Å². The molecule has 0 aliphatic carbocycles. The molecular formula is C12H22O4. The molecule has 1 aliphatic heterocycles. The fourth-order valence-corrected chi connectivity index (χ4v) is 2.11. The summed E-state index contributed by atoms with van der Waals surface area (Å²) in [7, 11) is 0. The summed E-state index contributed by atoms with van der Waals surface area (Å²) in [6, 6.07) is 0. The number of aliphatic hydroxyl groups is 1. The Morgan fingerprint density at radius 1 is 1.62 bits per heavy atom. The zero-order valence-electron chi connectivity index (χ0n) is 10.4. The molecular weight excluding hydrogens is 208 g/mol. The first kappa shape index (κ1) is 13.5. The van der Waals surface area contributed by atoms with Crippen molar-refractivity contribution in [3.05, 3.63) is 0 Å². The molecule has 1 heterocycles. The van der Waals surface area contributed by atoms with Gasteiger partial charge in [-0.15, -0.1) is 0 Å². The summed E-state index contributed by atoms with van der Waals surface area (Å²) >= 11 is 0. The van der Waals surface area contributed by atoms with Crippen LogP contribution in [0.5, 0.6) is 0 Å². The van der Waals surface area contributed by atoms with Crippen molar-refractivity contribution in [1.82, 2.24) is 0 Å². The van der Waals surface area contributed by atoms with Crippen molar-refractivity contribution in [1.29, 1.82) is 0 Å². The zero-order valence-corrected chi connectivity index (χ0v) is 10.4. The van der Waals surface area contributed by atoms with Crippen LogP contribution < -0.4 is 0 Å². The normalized spacial score (nSPS) is 29.9. The number of rotatable bonds is 7. The predicted octanol–water partition coefficient (Wildman–Crippen LogP) is 1.51. The maximum absolute atomic E-state index is 11.8. The average Bonchev–Trinajstić information content (AvgIpc) is 2.88. The zero-order chi connectivity index (χ0) is 12.2. The molecule has 4 nitrogen and oxygen atoms in total. The summed E-state index contributed by atoms with van der Waals surface area (Å²) in [5.41, 5.74) is -0.703. The molecule has 0 bridgehead atoms. The minimum Gasteiger partial charge on any atom is -0.464 e. The van der Waals surface area contributed by atoms with E-state index < -0.39 is 5.60 Å². The van der Waals surface area contributed by atoms with Crippen LogP contribution in [0, 0.1) is 5.92 Å². The van der Waals surface area contributed by atoms with Gasteiger partial charge in [0.25, 0.3) is 0 Å². The van der Waals surface area contributed by atoms with E-state index in [1.807, 2.05) is 6.92 Å². The fraction of sp³-hybridized carbons (Fsp3) is 0.917. The van der Waals surface area contributed by atoms with E-state index in [0.717, 1.165) is 12.8 Å². The third-order valence-electron chi connectivity index (χ3n) is 3.11. The smallest absolute Gasteiger partial charge is 0.341 e. The monoisotopic (exact) mass is 230 g/mol. The van der Waals surface area contributed by atoms with Gasteiger partial charge in [0.2, 0.25) is 0 Å². The van der Waals surface area contributed by atoms with Gasteiger partial charge in [-0.05, 0) is 39.0 Å². The molecule has 0 saturated carbocycles. The lowest BCUT2D eigenvalue weighted by Gasteiger charge is -2.16. The Hall–Kier alpha value is -0.610. The lowest BCUT2D eigenvalue weighted by Crippen LogP contribution is -2.31. The standard InChI is InChI=1S/C12H22O4/c1-4-15-11(14)12(10(3)16-12)8-9(2)6-5-7-13/h9-10,13H,4-8H2,1-3H3. The first-order chi connectivity index (χ1) is 7.56. The molecule has 1 fully saturated rings. The van der Waals surface area contributed by atoms with Crippen molar-refractivity contribution in [3.63, 3.8) is 0 Å². The van der Waals surface area contributed by atoms with Crippen LogP contribution in [0.15, 0.2) is 0 Å². The minimum atomic E-state index is -0.703. The fourth-order valence-electron chi connectivity index (χ4n) is 2.11. The number of aliphatic hydroxyl groups excluding tert-OH is 1. The highest BCUT2D eigenvalue weighted by molar-refractivity contribution is 5.83. The number of carbonyl (C=O) groups excluding carboxylic acids is 1. The van der Waals surface area contributed by atoms with Crippen LogP contribution in [-0.2, 0) is 14.3 Å². The first-order valence-corrected chi connectivity index (χ1v) is 6.02. The van der Waals surface area contributed by atoms with Crippen LogP contribution in [0.25, 0.3) is 0 Å². The van der Waals surface area contributed by atoms with E-state index in [9.17, 15) is 4.79 Å². The van der Waals surface area contributed by atoms with E-state index in [-0.39, 0.29) is 18.7 Å². The van der Waals surface area contributed by atoms with Gasteiger partial charge >= 0.3 is 5.97 Å². The minimum absolute atomic E-state index is 0.0388. The van der Waals surface area contributed by atoms with Crippen molar-refractivity contribution < 1.29 is 19.4 Å². The molecule has 1 aliphatic rings. The molecule has 3 atom stereocenters. The van der Waals surface area contributed by atoms with Gasteiger partial charge in [-0.3, -0.25) is 0 Å². The molecule has 1 rings (SSSR count). The van der Waals surface area contributed by atoms with Crippen molar-refractivity contribution in [2.75, 3.05) is 13.2 Å². The molecule has 0 spiro atoms. The third-order valence-corrected chi connectivity index (χ3v) is 3.11. The molecule has 0 radical (unpaired) electrons. The number of hydrogen-bond acceptors (Lipinski definition) is 4. The van der Waals surface area contributed by atoms with Crippen molar-refractivity contribution in [2.45, 2.75) is 51.7 Å². The third kappa shape index (κ3) is 2.95. The summed E-state index contributed by atoms with van der Waals surface area (Å²) in [5.74, 6) is 0.125. The summed E-state index contributed by atoms with van der Waals surface area (Å²) < 4.78 is 10.5. The number of carbonyl (C=O) groups is 1. The molecule has 1 saturated heterocycles. The van der Waals surface area contributed by atoms with Gasteiger partial charge < -0.3 is 14.6 Å². The SMILES string of the molecule is CCOC(=O)C1(CC(C)CCCO)OC1C. The lowest BCUT2D eigenvalue weighted by atomic mass is 9.90. The lowest BCUT2D eigenvalue weighted by molar-refractivity contribution is -0.150. The van der Waals surface area contributed by atoms with Crippen LogP contribution in [-0.4, -0.2) is 36.0 Å². The van der Waals surface area contributed by atoms with E-state index in [1.54, 1.807) is 6.92 Å². The molecule has 16 heavy (non-hydrogen) atoms. The molecule has 3 unspecified atom stereocenters. The second-order valence-corrected chi connectivity index (χ2v) is 4.55. The predicted molar refractivity (Wildman–Crippen MR) is 60.0 cm³/mol. The number of esters is 1. The topological polar surface area (TPSA) is 59.1 Å². The van der Waals surface area contributed by atoms with Gasteiger partial charge in [0, 0.05) is 6.61 Å². The summed E-state index contributed by atoms with van der Waals surface area (Å²) in [6.07, 6.45) is 2.33. The van der Waals surface area contributed by atoms with Crippen molar-refractivity contribution >= 4 is 5.97 Å². The second kappa shape index (κ2) is 5.64. The van der Waals surface area contributed by atoms with Crippen LogP contribution in [0.4, 0.5) is 0 Å². The highest BCUT2D eigenvalue weighted by Gasteiger charge is 2.61. The first-order valence-electron chi connectivity index (χ1n) is 6.02. The van der Waals surface area contributed by atoms with Crippen LogP contribution in [0.3, 0.4) is 0 Å². The van der Waals surface area contributed by atoms with Crippen molar-refractivity contribution in [3.8, 4) is 0 Å². The summed E-state index contributed by atoms with van der Waals surface area (Å²) in [4.78, 5) is 11.8. The van der Waals surface area contributed by atoms with Gasteiger partial charge in [-0.1, -0.05) is 6.92 Å². The Bertz CT molecular complexity index is 241. The van der Waals surface area contributed by atoms with Crippen LogP contribution in [0.1, 0.15) is 40.0 Å². The summed E-state index contributed by atoms with van der Waals surface area (Å²) in [6.45, 7) is 6.36. The molecule has 1 N–H and O–H groups in total. The molecule has 0 aromatic rings. The van der Waals surface area contributed by atoms with E-state index in [0.29, 0.717) is 18.9 Å². The van der Waals surface area contributed by atoms with Crippen molar-refractivity contribution in [2.24, 2.45) is 5.92 Å². The highest BCUT2D eigenvalue weighted by Crippen LogP contribution is 2.43. The Balaban J connectivity index is 2.45. The number of epoxide rings is 1. The molecule has 0 aromatic heterocycles. The van der Waals surface area contributed by atoms with Gasteiger partial charge in [-0.25, -0.2) is 4.79 Å². The van der Waals surface area contributed by atoms with E-state index in [2.05, 4.69) is 6.92 Å². The Labute approximate surface area is 96.9 Å². The van der Waals surface area contributed by atoms with Crippen LogP contribution >= 0.6 is 0 Å². The highest BCUT2D eigenvalue weighted by atomic mass is 16.7. The maximum atomic E-state index is 11.8. The molecule has 4 heteroatoms. The summed E-state index contributed by atoms with van der Waals surface area (Å²) in [5, 5.41) is 8.75. The second-order valence-electron chi connectivity index (χ2n) is 4.55. The maximum Gasteiger partial charge on any atom is 0.341 e. The molecule has 0 aromatic carbocycles. The van der Waals surface area contributed by atoms with Gasteiger partial charge in [0.05, 0.1) is 12.7 Å². The molecule has 94 valence electrons. The van der Waals surface area contributed by atoms with Gasteiger partial charge in [0.1, 0.15) is 0 Å². The Morgan fingerprint density at radius 2 is 2.25 bits per heavy atom. The number of hydrogen-bond donors (Lipinski definition) is 1. The van der Waals surface area contributed by atoms with Gasteiger partial charge in [-0.2, -0.15) is 0 Å². The van der Waals surface area contributed by atoms with E-state index in [1.165, 1.54) is 0 Å². The van der Waals surface area contributed by atoms with Crippen LogP contribution in [0.2, 0.25) is 0 Å². The Morgan fingerprint density at radius 3 is 2.69 bits per heavy atom. The molecule has 0 amide bonds. The van der Waals surface area contributed by atoms with E-state index >= 15 is 0 Å². The Kier molecular flexibility index (Phi) is 4.74. The number of ether oxygens (including phenoxy) is 2. The quantitative estimate of drug-likeness (QED) is 0.532. The largest absolute Gasteiger partial charge is 0.464 e. The van der Waals surface area contributed by atoms with E-state index in [4.69, 9.17) is 14.6 Å².